The highest BCUT2D eigenvalue weighted by molar-refractivity contribution is 4.79. The summed E-state index contributed by atoms with van der Waals surface area (Å²) >= 11 is 0. The third-order valence-electron chi connectivity index (χ3n) is 3.39. The van der Waals surface area contributed by atoms with Gasteiger partial charge in [0.1, 0.15) is 0 Å². The lowest BCUT2D eigenvalue weighted by Gasteiger charge is -2.33. The highest BCUT2D eigenvalue weighted by Crippen LogP contribution is 2.09. The van der Waals surface area contributed by atoms with Crippen LogP contribution in [0.25, 0.3) is 0 Å². The van der Waals surface area contributed by atoms with E-state index in [1.165, 1.54) is 13.0 Å². The standard InChI is InChI=1S/C14H32N2/c1-8-14(6,7)15-10-13(5)16(9-2)11-12(3)4/h12-13,15H,8-11H2,1-7H3. The quantitative estimate of drug-likeness (QED) is 0.686. The summed E-state index contributed by atoms with van der Waals surface area (Å²) in [6.45, 7) is 19.4. The molecule has 0 aliphatic rings. The van der Waals surface area contributed by atoms with Crippen molar-refractivity contribution >= 4 is 0 Å². The van der Waals surface area contributed by atoms with Gasteiger partial charge in [-0.3, -0.25) is 4.90 Å². The third-order valence-corrected chi connectivity index (χ3v) is 3.39. The first-order valence-corrected chi connectivity index (χ1v) is 6.81. The molecule has 98 valence electrons. The van der Waals surface area contributed by atoms with Crippen molar-refractivity contribution in [2.75, 3.05) is 19.6 Å². The molecule has 1 unspecified atom stereocenters. The van der Waals surface area contributed by atoms with E-state index in [0.717, 1.165) is 19.0 Å². The van der Waals surface area contributed by atoms with E-state index in [4.69, 9.17) is 0 Å². The van der Waals surface area contributed by atoms with Crippen LogP contribution in [-0.2, 0) is 0 Å². The summed E-state index contributed by atoms with van der Waals surface area (Å²) in [5.41, 5.74) is 0.269. The molecule has 0 saturated carbocycles. The van der Waals surface area contributed by atoms with Crippen LogP contribution in [0.2, 0.25) is 0 Å². The van der Waals surface area contributed by atoms with E-state index in [-0.39, 0.29) is 5.54 Å². The first-order chi connectivity index (χ1) is 7.32. The van der Waals surface area contributed by atoms with Gasteiger partial charge in [0.2, 0.25) is 0 Å². The van der Waals surface area contributed by atoms with Gasteiger partial charge < -0.3 is 5.32 Å². The summed E-state index contributed by atoms with van der Waals surface area (Å²) in [6, 6.07) is 0.623. The Morgan fingerprint density at radius 2 is 1.69 bits per heavy atom. The zero-order valence-corrected chi connectivity index (χ0v) is 12.4. The van der Waals surface area contributed by atoms with Crippen LogP contribution in [0.4, 0.5) is 0 Å². The Bertz CT molecular complexity index is 176. The molecule has 0 heterocycles. The molecule has 0 bridgehead atoms. The topological polar surface area (TPSA) is 15.3 Å². The molecule has 16 heavy (non-hydrogen) atoms. The van der Waals surface area contributed by atoms with Gasteiger partial charge in [-0.25, -0.2) is 0 Å². The number of nitrogens with one attached hydrogen (secondary N) is 1. The molecule has 0 spiro atoms. The average molecular weight is 228 g/mol. The zero-order valence-electron chi connectivity index (χ0n) is 12.4. The summed E-state index contributed by atoms with van der Waals surface area (Å²) in [7, 11) is 0. The van der Waals surface area contributed by atoms with E-state index in [1.54, 1.807) is 0 Å². The fourth-order valence-corrected chi connectivity index (χ4v) is 1.77. The Hall–Kier alpha value is -0.0800. The number of nitrogens with zero attached hydrogens (tertiary/aromatic N) is 1. The number of rotatable bonds is 8. The molecule has 0 aliphatic carbocycles. The molecule has 0 aromatic carbocycles. The average Bonchev–Trinajstić information content (AvgIpc) is 2.22. The maximum Gasteiger partial charge on any atom is 0.0192 e. The Morgan fingerprint density at radius 1 is 1.12 bits per heavy atom. The minimum Gasteiger partial charge on any atom is -0.310 e. The van der Waals surface area contributed by atoms with Crippen LogP contribution in [0.1, 0.15) is 54.9 Å². The lowest BCUT2D eigenvalue weighted by atomic mass is 10.0. The predicted octanol–water partition coefficient (Wildman–Crippen LogP) is 3.13. The second-order valence-electron chi connectivity index (χ2n) is 5.95. The fraction of sp³-hybridized carbons (Fsp3) is 1.00. The monoisotopic (exact) mass is 228 g/mol. The van der Waals surface area contributed by atoms with Gasteiger partial charge in [-0.05, 0) is 39.7 Å². The Labute approximate surface area is 103 Å². The highest BCUT2D eigenvalue weighted by atomic mass is 15.2. The minimum atomic E-state index is 0.269. The van der Waals surface area contributed by atoms with Crippen molar-refractivity contribution in [3.05, 3.63) is 0 Å². The predicted molar refractivity (Wildman–Crippen MR) is 73.9 cm³/mol. The molecule has 0 saturated heterocycles. The normalized spacial score (nSPS) is 14.8. The fourth-order valence-electron chi connectivity index (χ4n) is 1.77. The van der Waals surface area contributed by atoms with E-state index >= 15 is 0 Å². The molecule has 0 fully saturated rings. The smallest absolute Gasteiger partial charge is 0.0192 e. The summed E-state index contributed by atoms with van der Waals surface area (Å²) in [4.78, 5) is 2.56. The maximum atomic E-state index is 3.65. The summed E-state index contributed by atoms with van der Waals surface area (Å²) in [5.74, 6) is 0.751. The maximum absolute atomic E-state index is 3.65. The first-order valence-electron chi connectivity index (χ1n) is 6.81. The first kappa shape index (κ1) is 15.9. The Balaban J connectivity index is 4.06. The van der Waals surface area contributed by atoms with Gasteiger partial charge >= 0.3 is 0 Å². The van der Waals surface area contributed by atoms with Crippen molar-refractivity contribution in [3.8, 4) is 0 Å². The minimum absolute atomic E-state index is 0.269. The SMILES string of the molecule is CCN(CC(C)C)C(C)CNC(C)(C)CC. The van der Waals surface area contributed by atoms with Crippen LogP contribution in [0.15, 0.2) is 0 Å². The lowest BCUT2D eigenvalue weighted by molar-refractivity contribution is 0.181. The lowest BCUT2D eigenvalue weighted by Crippen LogP contribution is -2.48. The van der Waals surface area contributed by atoms with Crippen molar-refractivity contribution in [3.63, 3.8) is 0 Å². The van der Waals surface area contributed by atoms with Crippen molar-refractivity contribution in [2.45, 2.75) is 66.5 Å². The summed E-state index contributed by atoms with van der Waals surface area (Å²) in [6.07, 6.45) is 1.18. The van der Waals surface area contributed by atoms with E-state index in [0.29, 0.717) is 6.04 Å². The molecular weight excluding hydrogens is 196 g/mol. The molecule has 1 atom stereocenters. The van der Waals surface area contributed by atoms with Crippen molar-refractivity contribution < 1.29 is 0 Å². The molecule has 0 aromatic rings. The van der Waals surface area contributed by atoms with Gasteiger partial charge in [0.15, 0.2) is 0 Å². The zero-order chi connectivity index (χ0) is 12.8. The molecule has 2 heteroatoms. The van der Waals surface area contributed by atoms with Crippen LogP contribution in [0, 0.1) is 5.92 Å². The molecule has 0 radical (unpaired) electrons. The van der Waals surface area contributed by atoms with E-state index in [1.807, 2.05) is 0 Å². The van der Waals surface area contributed by atoms with Crippen molar-refractivity contribution in [2.24, 2.45) is 5.92 Å². The van der Waals surface area contributed by atoms with E-state index in [2.05, 4.69) is 58.7 Å². The van der Waals surface area contributed by atoms with Crippen molar-refractivity contribution in [1.82, 2.24) is 10.2 Å². The molecule has 2 nitrogen and oxygen atoms in total. The van der Waals surface area contributed by atoms with Crippen LogP contribution in [-0.4, -0.2) is 36.1 Å². The van der Waals surface area contributed by atoms with Gasteiger partial charge in [-0.15, -0.1) is 0 Å². The Kier molecular flexibility index (Phi) is 7.25. The van der Waals surface area contributed by atoms with Gasteiger partial charge in [-0.2, -0.15) is 0 Å². The summed E-state index contributed by atoms with van der Waals surface area (Å²) in [5, 5.41) is 3.65. The van der Waals surface area contributed by atoms with Crippen LogP contribution < -0.4 is 5.32 Å². The highest BCUT2D eigenvalue weighted by Gasteiger charge is 2.18. The Morgan fingerprint density at radius 3 is 2.06 bits per heavy atom. The molecular formula is C14H32N2. The number of hydrogen-bond donors (Lipinski definition) is 1. The molecule has 0 aliphatic heterocycles. The molecule has 1 N–H and O–H groups in total. The van der Waals surface area contributed by atoms with Crippen molar-refractivity contribution in [1.29, 1.82) is 0 Å². The van der Waals surface area contributed by atoms with Gasteiger partial charge in [-0.1, -0.05) is 27.7 Å². The second-order valence-corrected chi connectivity index (χ2v) is 5.95. The van der Waals surface area contributed by atoms with Crippen LogP contribution in [0.5, 0.6) is 0 Å². The number of likely N-dealkylation sites (N-methyl/N-ethyl adjacent to an activating group) is 1. The molecule has 0 amide bonds. The largest absolute Gasteiger partial charge is 0.310 e. The summed E-state index contributed by atoms with van der Waals surface area (Å²) < 4.78 is 0. The van der Waals surface area contributed by atoms with E-state index in [9.17, 15) is 0 Å². The van der Waals surface area contributed by atoms with Gasteiger partial charge in [0.25, 0.3) is 0 Å². The van der Waals surface area contributed by atoms with Crippen LogP contribution >= 0.6 is 0 Å². The number of hydrogen-bond acceptors (Lipinski definition) is 2. The van der Waals surface area contributed by atoms with Gasteiger partial charge in [0.05, 0.1) is 0 Å². The van der Waals surface area contributed by atoms with Gasteiger partial charge in [0, 0.05) is 24.7 Å². The third kappa shape index (κ3) is 6.49. The molecule has 0 aromatic heterocycles. The second kappa shape index (κ2) is 7.29. The molecule has 0 rings (SSSR count). The van der Waals surface area contributed by atoms with E-state index < -0.39 is 0 Å². The van der Waals surface area contributed by atoms with Crippen LogP contribution in [0.3, 0.4) is 0 Å².